The van der Waals surface area contributed by atoms with Crippen molar-refractivity contribution in [3.8, 4) is 11.8 Å². The SMILES string of the molecule is CC(C#N)(COc1cc(F)c(F)cc1C(F)(F)F)NC(=O)c1ccc(C(F)(F)F)cc1. The Balaban J connectivity index is 2.20. The van der Waals surface area contributed by atoms with Crippen LogP contribution in [0.4, 0.5) is 35.1 Å². The number of nitrogens with one attached hydrogen (secondary N) is 1. The van der Waals surface area contributed by atoms with Crippen LogP contribution >= 0.6 is 0 Å². The fourth-order valence-electron chi connectivity index (χ4n) is 2.32. The average molecular weight is 452 g/mol. The number of nitriles is 1. The van der Waals surface area contributed by atoms with E-state index in [0.717, 1.165) is 19.1 Å². The molecule has 0 heterocycles. The molecule has 1 atom stereocenters. The summed E-state index contributed by atoms with van der Waals surface area (Å²) in [5.74, 6) is -5.52. The Morgan fingerprint density at radius 2 is 1.55 bits per heavy atom. The number of benzene rings is 2. The predicted molar refractivity (Wildman–Crippen MR) is 89.8 cm³/mol. The van der Waals surface area contributed by atoms with Crippen LogP contribution in [0.1, 0.15) is 28.4 Å². The first-order valence-electron chi connectivity index (χ1n) is 8.26. The second-order valence-corrected chi connectivity index (χ2v) is 6.52. The molecule has 2 rings (SSSR count). The molecule has 0 saturated heterocycles. The molecule has 12 heteroatoms. The Kier molecular flexibility index (Phi) is 6.49. The molecular formula is C19H12F8N2O2. The van der Waals surface area contributed by atoms with E-state index < -0.39 is 58.9 Å². The highest BCUT2D eigenvalue weighted by atomic mass is 19.4. The normalized spacial score (nSPS) is 13.8. The second-order valence-electron chi connectivity index (χ2n) is 6.52. The molecule has 2 aromatic carbocycles. The summed E-state index contributed by atoms with van der Waals surface area (Å²) in [6.45, 7) is 0.145. The van der Waals surface area contributed by atoms with Gasteiger partial charge in [-0.15, -0.1) is 0 Å². The average Bonchev–Trinajstić information content (AvgIpc) is 2.67. The van der Waals surface area contributed by atoms with Crippen LogP contribution in [-0.2, 0) is 12.4 Å². The molecule has 0 fully saturated rings. The molecule has 0 bridgehead atoms. The Morgan fingerprint density at radius 1 is 1.00 bits per heavy atom. The first-order valence-corrected chi connectivity index (χ1v) is 8.26. The van der Waals surface area contributed by atoms with Gasteiger partial charge in [-0.05, 0) is 37.3 Å². The summed E-state index contributed by atoms with van der Waals surface area (Å²) in [5, 5.41) is 11.4. The van der Waals surface area contributed by atoms with E-state index in [1.54, 1.807) is 6.07 Å². The maximum atomic E-state index is 13.4. The maximum absolute atomic E-state index is 13.4. The van der Waals surface area contributed by atoms with Crippen LogP contribution in [0.15, 0.2) is 36.4 Å². The summed E-state index contributed by atoms with van der Waals surface area (Å²) >= 11 is 0. The van der Waals surface area contributed by atoms with Gasteiger partial charge in [0, 0.05) is 11.6 Å². The third-order valence-corrected chi connectivity index (χ3v) is 3.95. The van der Waals surface area contributed by atoms with Crippen molar-refractivity contribution in [2.24, 2.45) is 0 Å². The lowest BCUT2D eigenvalue weighted by Crippen LogP contribution is -2.49. The van der Waals surface area contributed by atoms with Crippen LogP contribution in [0.5, 0.6) is 5.75 Å². The quantitative estimate of drug-likeness (QED) is 0.643. The largest absolute Gasteiger partial charge is 0.489 e. The van der Waals surface area contributed by atoms with E-state index in [1.165, 1.54) is 0 Å². The molecule has 0 aliphatic heterocycles. The number of alkyl halides is 6. The van der Waals surface area contributed by atoms with Crippen LogP contribution < -0.4 is 10.1 Å². The third kappa shape index (κ3) is 5.84. The Bertz CT molecular complexity index is 1010. The summed E-state index contributed by atoms with van der Waals surface area (Å²) in [5.41, 5.74) is -4.89. The molecule has 0 radical (unpaired) electrons. The summed E-state index contributed by atoms with van der Waals surface area (Å²) < 4.78 is 108. The van der Waals surface area contributed by atoms with Crippen molar-refractivity contribution in [2.75, 3.05) is 6.61 Å². The molecule has 166 valence electrons. The number of halogens is 8. The number of nitrogens with zero attached hydrogens (tertiary/aromatic N) is 1. The summed E-state index contributed by atoms with van der Waals surface area (Å²) in [6, 6.07) is 4.56. The van der Waals surface area contributed by atoms with Gasteiger partial charge in [-0.3, -0.25) is 4.79 Å². The predicted octanol–water partition coefficient (Wildman–Crippen LogP) is 5.09. The lowest BCUT2D eigenvalue weighted by atomic mass is 10.0. The number of ether oxygens (including phenoxy) is 1. The molecule has 0 aliphatic carbocycles. The molecule has 0 aliphatic rings. The fraction of sp³-hybridized carbons (Fsp3) is 0.263. The lowest BCUT2D eigenvalue weighted by Gasteiger charge is -2.24. The number of amides is 1. The standard InChI is InChI=1S/C19H12F8N2O2/c1-17(8-28,29-16(30)10-2-4-11(5-3-10)18(22,23)24)9-31-15-7-14(21)13(20)6-12(15)19(25,26)27/h2-7H,9H2,1H3,(H,29,30). The molecule has 1 N–H and O–H groups in total. The van der Waals surface area contributed by atoms with Crippen molar-refractivity contribution in [1.82, 2.24) is 5.32 Å². The van der Waals surface area contributed by atoms with E-state index >= 15 is 0 Å². The first kappa shape index (κ1) is 23.9. The number of hydrogen-bond donors (Lipinski definition) is 1. The molecule has 31 heavy (non-hydrogen) atoms. The zero-order valence-electron chi connectivity index (χ0n) is 15.5. The van der Waals surface area contributed by atoms with E-state index in [2.05, 4.69) is 5.32 Å². The molecule has 1 amide bonds. The van der Waals surface area contributed by atoms with Crippen molar-refractivity contribution in [3.05, 3.63) is 64.7 Å². The molecule has 0 aromatic heterocycles. The van der Waals surface area contributed by atoms with Gasteiger partial charge in [0.15, 0.2) is 17.2 Å². The highest BCUT2D eigenvalue weighted by molar-refractivity contribution is 5.95. The van der Waals surface area contributed by atoms with Crippen molar-refractivity contribution < 1.29 is 44.7 Å². The number of carbonyl (C=O) groups excluding carboxylic acids is 1. The number of rotatable bonds is 5. The number of hydrogen-bond acceptors (Lipinski definition) is 3. The van der Waals surface area contributed by atoms with E-state index in [0.29, 0.717) is 12.1 Å². The Labute approximate surface area is 170 Å². The van der Waals surface area contributed by atoms with Crippen LogP contribution in [0.25, 0.3) is 0 Å². The smallest absolute Gasteiger partial charge is 0.420 e. The van der Waals surface area contributed by atoms with E-state index in [4.69, 9.17) is 4.74 Å². The van der Waals surface area contributed by atoms with Crippen molar-refractivity contribution >= 4 is 5.91 Å². The highest BCUT2D eigenvalue weighted by Gasteiger charge is 2.37. The highest BCUT2D eigenvalue weighted by Crippen LogP contribution is 2.37. The molecule has 0 spiro atoms. The van der Waals surface area contributed by atoms with Gasteiger partial charge >= 0.3 is 12.4 Å². The third-order valence-electron chi connectivity index (χ3n) is 3.95. The van der Waals surface area contributed by atoms with Crippen molar-refractivity contribution in [2.45, 2.75) is 24.8 Å². The molecule has 0 saturated carbocycles. The zero-order valence-corrected chi connectivity index (χ0v) is 15.5. The van der Waals surface area contributed by atoms with E-state index in [-0.39, 0.29) is 17.7 Å². The van der Waals surface area contributed by atoms with Gasteiger partial charge in [0.05, 0.1) is 11.6 Å². The van der Waals surface area contributed by atoms with Gasteiger partial charge in [-0.25, -0.2) is 8.78 Å². The van der Waals surface area contributed by atoms with E-state index in [9.17, 15) is 45.2 Å². The van der Waals surface area contributed by atoms with Gasteiger partial charge < -0.3 is 10.1 Å². The van der Waals surface area contributed by atoms with Crippen LogP contribution in [0.3, 0.4) is 0 Å². The van der Waals surface area contributed by atoms with Gasteiger partial charge in [0.2, 0.25) is 0 Å². The monoisotopic (exact) mass is 452 g/mol. The summed E-state index contributed by atoms with van der Waals surface area (Å²) in [6.07, 6.45) is -9.74. The molecule has 4 nitrogen and oxygen atoms in total. The van der Waals surface area contributed by atoms with Crippen molar-refractivity contribution in [3.63, 3.8) is 0 Å². The lowest BCUT2D eigenvalue weighted by molar-refractivity contribution is -0.139. The van der Waals surface area contributed by atoms with Crippen LogP contribution in [0, 0.1) is 23.0 Å². The van der Waals surface area contributed by atoms with Gasteiger partial charge in [-0.2, -0.15) is 31.6 Å². The van der Waals surface area contributed by atoms with Gasteiger partial charge in [-0.1, -0.05) is 0 Å². The zero-order chi connectivity index (χ0) is 23.6. The molecule has 1 unspecified atom stereocenters. The van der Waals surface area contributed by atoms with E-state index in [1.807, 2.05) is 0 Å². The fourth-order valence-corrected chi connectivity index (χ4v) is 2.32. The van der Waals surface area contributed by atoms with Crippen molar-refractivity contribution in [1.29, 1.82) is 5.26 Å². The minimum atomic E-state index is -5.10. The molecule has 2 aromatic rings. The van der Waals surface area contributed by atoms with Gasteiger partial charge in [0.1, 0.15) is 17.9 Å². The summed E-state index contributed by atoms with van der Waals surface area (Å²) in [4.78, 5) is 12.2. The minimum Gasteiger partial charge on any atom is -0.489 e. The maximum Gasteiger partial charge on any atom is 0.420 e. The minimum absolute atomic E-state index is 0.116. The first-order chi connectivity index (χ1) is 14.2. The Hall–Kier alpha value is -3.36. The van der Waals surface area contributed by atoms with Crippen LogP contribution in [0.2, 0.25) is 0 Å². The van der Waals surface area contributed by atoms with Gasteiger partial charge in [0.25, 0.3) is 5.91 Å². The summed E-state index contributed by atoms with van der Waals surface area (Å²) in [7, 11) is 0. The topological polar surface area (TPSA) is 62.1 Å². The second kappa shape index (κ2) is 8.41. The number of carbonyl (C=O) groups is 1. The van der Waals surface area contributed by atoms with Crippen LogP contribution in [-0.4, -0.2) is 18.1 Å². The Morgan fingerprint density at radius 3 is 2.03 bits per heavy atom. The molecular weight excluding hydrogens is 440 g/mol.